The van der Waals surface area contributed by atoms with E-state index in [1.54, 1.807) is 21.3 Å². The average molecular weight is 290 g/mol. The zero-order valence-electron chi connectivity index (χ0n) is 13.6. The van der Waals surface area contributed by atoms with E-state index in [0.717, 1.165) is 22.5 Å². The van der Waals surface area contributed by atoms with Gasteiger partial charge >= 0.3 is 8.80 Å². The minimum absolute atomic E-state index is 0.812. The maximum atomic E-state index is 5.57. The molecule has 1 heterocycles. The lowest BCUT2D eigenvalue weighted by Crippen LogP contribution is -2.62. The Kier molecular flexibility index (Phi) is 6.46. The molecule has 114 valence electrons. The molecule has 0 aromatic carbocycles. The molecular weight excluding hydrogens is 258 g/mol. The van der Waals surface area contributed by atoms with Crippen LogP contribution in [0.15, 0.2) is 0 Å². The van der Waals surface area contributed by atoms with E-state index in [9.17, 15) is 0 Å². The van der Waals surface area contributed by atoms with Crippen LogP contribution in [0.4, 0.5) is 0 Å². The van der Waals surface area contributed by atoms with Gasteiger partial charge in [0.05, 0.1) is 20.1 Å². The van der Waals surface area contributed by atoms with Crippen LogP contribution in [0.1, 0.15) is 33.1 Å². The molecule has 0 atom stereocenters. The van der Waals surface area contributed by atoms with Gasteiger partial charge in [-0.05, 0) is 31.1 Å². The highest BCUT2D eigenvalue weighted by Gasteiger charge is 2.48. The quantitative estimate of drug-likeness (QED) is 0.532. The Hall–Kier alpha value is 0.0569. The number of nitrogens with zero attached hydrogens (tertiary/aromatic N) is 1. The van der Waals surface area contributed by atoms with Gasteiger partial charge in [-0.3, -0.25) is 0 Å². The Balaban J connectivity index is 2.55. The molecule has 1 fully saturated rings. The summed E-state index contributed by atoms with van der Waals surface area (Å²) in [5, 5.41) is 0. The Morgan fingerprint density at radius 3 is 1.89 bits per heavy atom. The van der Waals surface area contributed by atoms with Gasteiger partial charge in [0.2, 0.25) is 0 Å². The number of hydrogen-bond donors (Lipinski definition) is 0. The predicted octanol–water partition coefficient (Wildman–Crippen LogP) is 2.31. The molecule has 0 aromatic heterocycles. The van der Waals surface area contributed by atoms with Crippen molar-refractivity contribution in [3.8, 4) is 0 Å². The lowest BCUT2D eigenvalue weighted by molar-refractivity contribution is -0.908. The summed E-state index contributed by atoms with van der Waals surface area (Å²) >= 11 is 0. The van der Waals surface area contributed by atoms with Crippen molar-refractivity contribution in [3.05, 3.63) is 0 Å². The summed E-state index contributed by atoms with van der Waals surface area (Å²) in [6.45, 7) is 7.06. The highest BCUT2D eigenvalue weighted by atomic mass is 28.4. The molecule has 0 N–H and O–H groups in total. The number of likely N-dealkylation sites (tertiary alicyclic amines) is 1. The van der Waals surface area contributed by atoms with Crippen LogP contribution in [0.3, 0.4) is 0 Å². The van der Waals surface area contributed by atoms with Crippen LogP contribution in [0.25, 0.3) is 0 Å². The van der Waals surface area contributed by atoms with Gasteiger partial charge in [-0.2, -0.15) is 0 Å². The van der Waals surface area contributed by atoms with Crippen LogP contribution < -0.4 is 0 Å². The Labute approximate surface area is 120 Å². The van der Waals surface area contributed by atoms with E-state index in [-0.39, 0.29) is 0 Å². The van der Waals surface area contributed by atoms with E-state index in [1.807, 2.05) is 0 Å². The molecule has 0 amide bonds. The van der Waals surface area contributed by atoms with Crippen LogP contribution in [0, 0.1) is 11.8 Å². The molecule has 0 unspecified atom stereocenters. The van der Waals surface area contributed by atoms with E-state index in [4.69, 9.17) is 13.3 Å². The molecule has 0 bridgehead atoms. The van der Waals surface area contributed by atoms with E-state index in [2.05, 4.69) is 20.9 Å². The molecule has 5 heteroatoms. The van der Waals surface area contributed by atoms with E-state index in [0.29, 0.717) is 0 Å². The van der Waals surface area contributed by atoms with Crippen molar-refractivity contribution in [2.24, 2.45) is 11.8 Å². The van der Waals surface area contributed by atoms with Gasteiger partial charge in [0.15, 0.2) is 0 Å². The van der Waals surface area contributed by atoms with Gasteiger partial charge in [-0.1, -0.05) is 13.8 Å². The first kappa shape index (κ1) is 17.1. The monoisotopic (exact) mass is 290 g/mol. The minimum Gasteiger partial charge on any atom is -0.374 e. The molecule has 0 aliphatic carbocycles. The van der Waals surface area contributed by atoms with Gasteiger partial charge in [-0.25, -0.2) is 0 Å². The third-order valence-electron chi connectivity index (χ3n) is 4.47. The minimum atomic E-state index is -2.46. The molecule has 1 aliphatic heterocycles. The molecule has 0 spiro atoms. The molecular formula is C14H32NO3Si+. The fourth-order valence-electron chi connectivity index (χ4n) is 3.22. The second kappa shape index (κ2) is 7.18. The van der Waals surface area contributed by atoms with Crippen LogP contribution in [0.2, 0.25) is 0 Å². The zero-order chi connectivity index (χ0) is 14.5. The van der Waals surface area contributed by atoms with Crippen molar-refractivity contribution >= 4 is 8.80 Å². The van der Waals surface area contributed by atoms with Crippen LogP contribution in [-0.2, 0) is 13.3 Å². The van der Waals surface area contributed by atoms with Crippen molar-refractivity contribution in [1.82, 2.24) is 0 Å². The summed E-state index contributed by atoms with van der Waals surface area (Å²) < 4.78 is 17.7. The second-order valence-electron chi connectivity index (χ2n) is 6.59. The largest absolute Gasteiger partial charge is 0.558 e. The molecule has 0 saturated carbocycles. The molecule has 4 nitrogen and oxygen atoms in total. The molecule has 0 radical (unpaired) electrons. The summed E-state index contributed by atoms with van der Waals surface area (Å²) in [7, 11) is 4.97. The van der Waals surface area contributed by atoms with Crippen LogP contribution in [0.5, 0.6) is 0 Å². The first-order valence-corrected chi connectivity index (χ1v) is 9.31. The molecule has 1 aliphatic rings. The van der Waals surface area contributed by atoms with Crippen molar-refractivity contribution in [2.45, 2.75) is 33.1 Å². The van der Waals surface area contributed by atoms with Gasteiger partial charge in [0, 0.05) is 21.3 Å². The summed E-state index contributed by atoms with van der Waals surface area (Å²) in [6, 6.07) is 0. The lowest BCUT2D eigenvalue weighted by atomic mass is 9.88. The van der Waals surface area contributed by atoms with Gasteiger partial charge in [0.1, 0.15) is 6.17 Å². The molecule has 19 heavy (non-hydrogen) atoms. The number of hydrogen-bond acceptors (Lipinski definition) is 3. The standard InChI is InChI=1S/C14H32NO3Si/c1-13(2)11-14-7-9-15(3,10-8-14)12-19(16-4,17-5)18-6/h13-14H,7-12H2,1-6H3/q+1. The first-order valence-electron chi connectivity index (χ1n) is 7.37. The highest BCUT2D eigenvalue weighted by Crippen LogP contribution is 2.28. The van der Waals surface area contributed by atoms with E-state index >= 15 is 0 Å². The fraction of sp³-hybridized carbons (Fsp3) is 1.00. The number of quaternary nitrogens is 1. The van der Waals surface area contributed by atoms with Crippen molar-refractivity contribution in [3.63, 3.8) is 0 Å². The SMILES string of the molecule is CO[Si](C[N+]1(C)CCC(CC(C)C)CC1)(OC)OC. The maximum absolute atomic E-state index is 5.57. The van der Waals surface area contributed by atoms with Crippen molar-refractivity contribution in [2.75, 3.05) is 47.6 Å². The molecule has 0 aromatic rings. The van der Waals surface area contributed by atoms with E-state index < -0.39 is 8.80 Å². The Morgan fingerprint density at radius 1 is 1.05 bits per heavy atom. The van der Waals surface area contributed by atoms with Gasteiger partial charge in [-0.15, -0.1) is 0 Å². The normalized spacial score (nSPS) is 28.9. The predicted molar refractivity (Wildman–Crippen MR) is 79.7 cm³/mol. The molecule has 1 rings (SSSR count). The smallest absolute Gasteiger partial charge is 0.374 e. The van der Waals surface area contributed by atoms with Crippen LogP contribution in [-0.4, -0.2) is 60.9 Å². The summed E-state index contributed by atoms with van der Waals surface area (Å²) in [5.74, 6) is 1.71. The lowest BCUT2D eigenvalue weighted by Gasteiger charge is -2.43. The third kappa shape index (κ3) is 4.83. The zero-order valence-corrected chi connectivity index (χ0v) is 14.6. The topological polar surface area (TPSA) is 27.7 Å². The summed E-state index contributed by atoms with van der Waals surface area (Å²) in [6.07, 6.45) is 4.87. The summed E-state index contributed by atoms with van der Waals surface area (Å²) in [5.41, 5.74) is 0. The Bertz CT molecular complexity index is 253. The van der Waals surface area contributed by atoms with Gasteiger partial charge < -0.3 is 17.8 Å². The maximum Gasteiger partial charge on any atom is 0.558 e. The number of rotatable bonds is 7. The number of piperidine rings is 1. The van der Waals surface area contributed by atoms with Gasteiger partial charge in [0.25, 0.3) is 0 Å². The van der Waals surface area contributed by atoms with Crippen molar-refractivity contribution in [1.29, 1.82) is 0 Å². The fourth-order valence-corrected chi connectivity index (χ4v) is 5.35. The van der Waals surface area contributed by atoms with Crippen LogP contribution >= 0.6 is 0 Å². The first-order chi connectivity index (χ1) is 8.88. The highest BCUT2D eigenvalue weighted by molar-refractivity contribution is 6.60. The Morgan fingerprint density at radius 2 is 1.53 bits per heavy atom. The van der Waals surface area contributed by atoms with Crippen molar-refractivity contribution < 1.29 is 17.8 Å². The summed E-state index contributed by atoms with van der Waals surface area (Å²) in [4.78, 5) is 0. The molecule has 1 saturated heterocycles. The average Bonchev–Trinajstić information content (AvgIpc) is 2.39. The third-order valence-corrected chi connectivity index (χ3v) is 7.48. The second-order valence-corrected chi connectivity index (χ2v) is 9.50. The van der Waals surface area contributed by atoms with E-state index in [1.165, 1.54) is 32.4 Å².